The summed E-state index contributed by atoms with van der Waals surface area (Å²) in [5, 5.41) is 16.3. The van der Waals surface area contributed by atoms with Crippen molar-refractivity contribution in [2.75, 3.05) is 5.32 Å². The molecule has 0 saturated heterocycles. The number of nitrogens with zero attached hydrogens (tertiary/aromatic N) is 1. The van der Waals surface area contributed by atoms with Crippen LogP contribution in [0.15, 0.2) is 5.38 Å². The van der Waals surface area contributed by atoms with Gasteiger partial charge in [0.15, 0.2) is 5.13 Å². The fourth-order valence-electron chi connectivity index (χ4n) is 1.69. The number of anilines is 1. The number of carboxylic acid groups (broad SMARTS) is 1. The first-order valence-electron chi connectivity index (χ1n) is 7.41. The lowest BCUT2D eigenvalue weighted by molar-refractivity contribution is -0.141. The largest absolute Gasteiger partial charge is 0.480 e. The first-order chi connectivity index (χ1) is 10.6. The summed E-state index contributed by atoms with van der Waals surface area (Å²) in [5.41, 5.74) is 0.800. The monoisotopic (exact) mass is 341 g/mol. The molecule has 1 aromatic heterocycles. The molecule has 2 amide bonds. The summed E-state index contributed by atoms with van der Waals surface area (Å²) in [4.78, 5) is 38.6. The van der Waals surface area contributed by atoms with Crippen LogP contribution >= 0.6 is 11.3 Å². The van der Waals surface area contributed by atoms with Crippen molar-refractivity contribution in [1.29, 1.82) is 0 Å². The van der Waals surface area contributed by atoms with Gasteiger partial charge in [0.05, 0.1) is 5.69 Å². The van der Waals surface area contributed by atoms with Crippen LogP contribution in [0.4, 0.5) is 5.13 Å². The van der Waals surface area contributed by atoms with Crippen molar-refractivity contribution in [2.24, 2.45) is 0 Å². The van der Waals surface area contributed by atoms with Crippen LogP contribution in [0.3, 0.4) is 0 Å². The van der Waals surface area contributed by atoms with Gasteiger partial charge in [0.2, 0.25) is 11.8 Å². The molecule has 1 aromatic rings. The lowest BCUT2D eigenvalue weighted by Crippen LogP contribution is -2.40. The SMILES string of the molecule is CCC(NC(=O)CCC(=O)Nc1nc(C(C)(C)C)cs1)C(=O)O. The Hall–Kier alpha value is -1.96. The number of hydrogen-bond donors (Lipinski definition) is 3. The fraction of sp³-hybridized carbons (Fsp3) is 0.600. The lowest BCUT2D eigenvalue weighted by atomic mass is 9.93. The maximum atomic E-state index is 11.8. The van der Waals surface area contributed by atoms with E-state index in [4.69, 9.17) is 5.11 Å². The predicted molar refractivity (Wildman–Crippen MR) is 88.5 cm³/mol. The number of rotatable bonds is 7. The van der Waals surface area contributed by atoms with E-state index >= 15 is 0 Å². The third-order valence-electron chi connectivity index (χ3n) is 3.14. The summed E-state index contributed by atoms with van der Waals surface area (Å²) in [7, 11) is 0. The van der Waals surface area contributed by atoms with Crippen molar-refractivity contribution in [3.05, 3.63) is 11.1 Å². The van der Waals surface area contributed by atoms with E-state index in [2.05, 4.69) is 15.6 Å². The Morgan fingerprint density at radius 1 is 1.26 bits per heavy atom. The van der Waals surface area contributed by atoms with Crippen LogP contribution in [0.2, 0.25) is 0 Å². The van der Waals surface area contributed by atoms with E-state index in [0.29, 0.717) is 11.6 Å². The minimum atomic E-state index is -1.08. The maximum Gasteiger partial charge on any atom is 0.326 e. The molecule has 0 aliphatic heterocycles. The third-order valence-corrected chi connectivity index (χ3v) is 3.90. The molecule has 1 atom stereocenters. The summed E-state index contributed by atoms with van der Waals surface area (Å²) < 4.78 is 0. The molecule has 0 saturated carbocycles. The number of carboxylic acids is 1. The van der Waals surface area contributed by atoms with Gasteiger partial charge in [-0.25, -0.2) is 9.78 Å². The second-order valence-corrected chi connectivity index (χ2v) is 7.06. The zero-order valence-corrected chi connectivity index (χ0v) is 14.6. The molecule has 1 rings (SSSR count). The minimum Gasteiger partial charge on any atom is -0.480 e. The minimum absolute atomic E-state index is 0.0215. The maximum absolute atomic E-state index is 11.8. The van der Waals surface area contributed by atoms with Gasteiger partial charge in [-0.05, 0) is 6.42 Å². The highest BCUT2D eigenvalue weighted by molar-refractivity contribution is 7.13. The molecule has 0 radical (unpaired) electrons. The zero-order chi connectivity index (χ0) is 17.6. The highest BCUT2D eigenvalue weighted by atomic mass is 32.1. The van der Waals surface area contributed by atoms with Crippen LogP contribution in [-0.2, 0) is 19.8 Å². The molecule has 0 aliphatic carbocycles. The first-order valence-corrected chi connectivity index (χ1v) is 8.29. The van der Waals surface area contributed by atoms with Gasteiger partial charge < -0.3 is 15.7 Å². The fourth-order valence-corrected chi connectivity index (χ4v) is 2.64. The molecule has 0 bridgehead atoms. The van der Waals surface area contributed by atoms with Crippen molar-refractivity contribution in [3.8, 4) is 0 Å². The van der Waals surface area contributed by atoms with E-state index in [9.17, 15) is 14.4 Å². The Balaban J connectivity index is 2.44. The molecular formula is C15H23N3O4S. The molecule has 3 N–H and O–H groups in total. The van der Waals surface area contributed by atoms with Crippen molar-refractivity contribution in [2.45, 2.75) is 58.4 Å². The van der Waals surface area contributed by atoms with Crippen molar-refractivity contribution < 1.29 is 19.5 Å². The molecule has 0 aromatic carbocycles. The molecule has 23 heavy (non-hydrogen) atoms. The number of hydrogen-bond acceptors (Lipinski definition) is 5. The number of aromatic nitrogens is 1. The van der Waals surface area contributed by atoms with Gasteiger partial charge in [0.1, 0.15) is 6.04 Å². The summed E-state index contributed by atoms with van der Waals surface area (Å²) in [6, 6.07) is -0.918. The number of carbonyl (C=O) groups is 3. The van der Waals surface area contributed by atoms with E-state index in [1.807, 2.05) is 26.2 Å². The number of nitrogens with one attached hydrogen (secondary N) is 2. The molecule has 0 spiro atoms. The Morgan fingerprint density at radius 2 is 1.87 bits per heavy atom. The Labute approximate surface area is 139 Å². The van der Waals surface area contributed by atoms with Gasteiger partial charge in [-0.2, -0.15) is 0 Å². The summed E-state index contributed by atoms with van der Waals surface area (Å²) in [6.45, 7) is 7.76. The van der Waals surface area contributed by atoms with Crippen LogP contribution < -0.4 is 10.6 Å². The van der Waals surface area contributed by atoms with Gasteiger partial charge in [0, 0.05) is 23.6 Å². The van der Waals surface area contributed by atoms with Crippen LogP contribution in [0.1, 0.15) is 52.7 Å². The molecule has 7 nitrogen and oxygen atoms in total. The topological polar surface area (TPSA) is 108 Å². The highest BCUT2D eigenvalue weighted by Gasteiger charge is 2.19. The van der Waals surface area contributed by atoms with Crippen LogP contribution in [0.5, 0.6) is 0 Å². The van der Waals surface area contributed by atoms with E-state index in [1.54, 1.807) is 6.92 Å². The summed E-state index contributed by atoms with van der Waals surface area (Å²) in [6.07, 6.45) is 0.210. The van der Waals surface area contributed by atoms with Crippen molar-refractivity contribution in [1.82, 2.24) is 10.3 Å². The number of aliphatic carboxylic acids is 1. The van der Waals surface area contributed by atoms with Crippen LogP contribution in [0.25, 0.3) is 0 Å². The highest BCUT2D eigenvalue weighted by Crippen LogP contribution is 2.26. The smallest absolute Gasteiger partial charge is 0.326 e. The van der Waals surface area contributed by atoms with E-state index in [1.165, 1.54) is 11.3 Å². The number of amides is 2. The average Bonchev–Trinajstić information content (AvgIpc) is 2.90. The Bertz CT molecular complexity index is 578. The average molecular weight is 341 g/mol. The molecule has 8 heteroatoms. The first kappa shape index (κ1) is 19.1. The molecule has 1 unspecified atom stereocenters. The second-order valence-electron chi connectivity index (χ2n) is 6.20. The van der Waals surface area contributed by atoms with Crippen LogP contribution in [-0.4, -0.2) is 33.9 Å². The molecule has 0 fully saturated rings. The standard InChI is InChI=1S/C15H23N3O4S/c1-5-9(13(21)22)16-11(19)6-7-12(20)18-14-17-10(8-23-14)15(2,3)4/h8-9H,5-7H2,1-4H3,(H,16,19)(H,21,22)(H,17,18,20). The molecule has 0 aliphatic rings. The second kappa shape index (κ2) is 8.05. The lowest BCUT2D eigenvalue weighted by Gasteiger charge is -2.14. The zero-order valence-electron chi connectivity index (χ0n) is 13.8. The quantitative estimate of drug-likeness (QED) is 0.704. The van der Waals surface area contributed by atoms with Gasteiger partial charge >= 0.3 is 5.97 Å². The Kier molecular flexibility index (Phi) is 6.68. The van der Waals surface area contributed by atoms with Gasteiger partial charge in [-0.15, -0.1) is 11.3 Å². The Morgan fingerprint density at radius 3 is 2.35 bits per heavy atom. The molecule has 1 heterocycles. The van der Waals surface area contributed by atoms with Gasteiger partial charge in [-0.3, -0.25) is 9.59 Å². The predicted octanol–water partition coefficient (Wildman–Crippen LogP) is 2.14. The normalized spacial score (nSPS) is 12.5. The van der Waals surface area contributed by atoms with E-state index < -0.39 is 17.9 Å². The number of carbonyl (C=O) groups excluding carboxylic acids is 2. The van der Waals surface area contributed by atoms with Gasteiger partial charge in [-0.1, -0.05) is 27.7 Å². The summed E-state index contributed by atoms with van der Waals surface area (Å²) >= 11 is 1.34. The summed E-state index contributed by atoms with van der Waals surface area (Å²) in [5.74, 6) is -1.86. The van der Waals surface area contributed by atoms with Crippen molar-refractivity contribution in [3.63, 3.8) is 0 Å². The molecule has 128 valence electrons. The van der Waals surface area contributed by atoms with E-state index in [-0.39, 0.29) is 24.2 Å². The van der Waals surface area contributed by atoms with E-state index in [0.717, 1.165) is 5.69 Å². The third kappa shape index (κ3) is 6.35. The van der Waals surface area contributed by atoms with Crippen LogP contribution in [0, 0.1) is 0 Å². The van der Waals surface area contributed by atoms with Gasteiger partial charge in [0.25, 0.3) is 0 Å². The number of thiazole rings is 1. The molecular weight excluding hydrogens is 318 g/mol. The van der Waals surface area contributed by atoms with Crippen molar-refractivity contribution >= 4 is 34.3 Å².